The third-order valence-corrected chi connectivity index (χ3v) is 24.7. The molecule has 0 bridgehead atoms. The zero-order valence-corrected chi connectivity index (χ0v) is 35.7. The van der Waals surface area contributed by atoms with E-state index in [4.69, 9.17) is 33.7 Å². The number of nitrogen functional groups attached to an aromatic ring is 1. The van der Waals surface area contributed by atoms with E-state index in [1.54, 1.807) is 12.5 Å². The molecule has 4 atom stereocenters. The molecule has 2 N–H and O–H groups in total. The number of aromatic nitrogens is 6. The van der Waals surface area contributed by atoms with Crippen LogP contribution in [-0.4, -0.2) is 79.2 Å². The third-order valence-electron chi connectivity index (χ3n) is 11.3. The number of rotatable bonds is 10. The normalized spacial score (nSPS) is 22.0. The molecular formula is C34H63N7O4Si3. The van der Waals surface area contributed by atoms with Gasteiger partial charge < -0.3 is 23.7 Å². The summed E-state index contributed by atoms with van der Waals surface area (Å²) in [5.74, 6) is 0.790. The van der Waals surface area contributed by atoms with Crippen LogP contribution in [0, 0.1) is 0 Å². The number of hydrogen-bond acceptors (Lipinski definition) is 9. The predicted molar refractivity (Wildman–Crippen MR) is 203 cm³/mol. The number of ether oxygens (including phenoxy) is 1. The average Bonchev–Trinajstić information content (AvgIpc) is 3.64. The molecule has 4 rings (SSSR count). The molecule has 0 aromatic carbocycles. The lowest BCUT2D eigenvalue weighted by Crippen LogP contribution is -2.54. The number of nitrogens with two attached hydrogens (primary N) is 1. The Bertz CT molecular complexity index is 1580. The Hall–Kier alpha value is -1.95. The Morgan fingerprint density at radius 2 is 1.38 bits per heavy atom. The van der Waals surface area contributed by atoms with Crippen LogP contribution in [0.25, 0.3) is 22.6 Å². The lowest BCUT2D eigenvalue weighted by atomic mass is 10.1. The molecule has 1 fully saturated rings. The van der Waals surface area contributed by atoms with E-state index in [9.17, 15) is 0 Å². The number of imidazole rings is 1. The van der Waals surface area contributed by atoms with Crippen molar-refractivity contribution in [2.75, 3.05) is 12.3 Å². The minimum atomic E-state index is -2.34. The smallest absolute Gasteiger partial charge is 0.192 e. The monoisotopic (exact) mass is 717 g/mol. The van der Waals surface area contributed by atoms with Crippen LogP contribution in [0.5, 0.6) is 0 Å². The molecule has 0 saturated carbocycles. The Balaban J connectivity index is 1.88. The Morgan fingerprint density at radius 1 is 0.833 bits per heavy atom. The van der Waals surface area contributed by atoms with Gasteiger partial charge in [-0.2, -0.15) is 5.10 Å². The maximum Gasteiger partial charge on any atom is 0.192 e. The van der Waals surface area contributed by atoms with Gasteiger partial charge in [-0.05, 0) is 68.2 Å². The number of nitrogens with zero attached hydrogens (tertiary/aromatic N) is 6. The highest BCUT2D eigenvalue weighted by Gasteiger charge is 2.55. The summed E-state index contributed by atoms with van der Waals surface area (Å²) in [5.41, 5.74) is 8.42. The van der Waals surface area contributed by atoms with Gasteiger partial charge in [-0.3, -0.25) is 9.25 Å². The fourth-order valence-electron chi connectivity index (χ4n) is 4.86. The third kappa shape index (κ3) is 7.69. The first-order chi connectivity index (χ1) is 21.7. The van der Waals surface area contributed by atoms with Crippen molar-refractivity contribution in [1.29, 1.82) is 0 Å². The largest absolute Gasteiger partial charge is 0.414 e. The van der Waals surface area contributed by atoms with Crippen LogP contribution in [0.1, 0.15) is 88.4 Å². The van der Waals surface area contributed by atoms with Crippen molar-refractivity contribution in [3.8, 4) is 11.4 Å². The summed E-state index contributed by atoms with van der Waals surface area (Å²) in [4.78, 5) is 14.3. The molecule has 1 saturated heterocycles. The van der Waals surface area contributed by atoms with Gasteiger partial charge in [-0.1, -0.05) is 62.3 Å². The first-order valence-electron chi connectivity index (χ1n) is 17.4. The summed E-state index contributed by atoms with van der Waals surface area (Å²) in [5, 5.41) is 4.50. The van der Waals surface area contributed by atoms with Crippen molar-refractivity contribution in [2.24, 2.45) is 0 Å². The lowest BCUT2D eigenvalue weighted by Gasteiger charge is -2.44. The molecule has 11 nitrogen and oxygen atoms in total. The van der Waals surface area contributed by atoms with Crippen LogP contribution in [-0.2, 0) is 18.0 Å². The molecule has 0 radical (unpaired) electrons. The van der Waals surface area contributed by atoms with Crippen LogP contribution in [0.4, 0.5) is 5.82 Å². The molecule has 270 valence electrons. The van der Waals surface area contributed by atoms with E-state index in [-0.39, 0.29) is 33.4 Å². The molecular weight excluding hydrogens is 655 g/mol. The van der Waals surface area contributed by atoms with Crippen molar-refractivity contribution >= 4 is 41.9 Å². The van der Waals surface area contributed by atoms with Crippen LogP contribution in [0.2, 0.25) is 54.4 Å². The fraction of sp³-hybridized carbons (Fsp3) is 0.765. The Kier molecular flexibility index (Phi) is 10.5. The molecule has 0 spiro atoms. The standard InChI is InChI=1S/C34H63N7O4Si3/c1-22(2)41-19-23(18-37-41)29-38-28(35)25-30(39-29)40(21-36-25)31-27(45-48(16,17)34(9,10)11)26(44-47(14,15)33(6,7)8)24(43-31)20-42-46(12,13)32(3,4)5/h18-19,21-22,24,26-27,31H,20H2,1-17H3,(H2,35,38,39)/t24-,26-,27+,31-/m1/s1. The van der Waals surface area contributed by atoms with Gasteiger partial charge >= 0.3 is 0 Å². The molecule has 0 unspecified atom stereocenters. The molecule has 3 aromatic rings. The van der Waals surface area contributed by atoms with Crippen molar-refractivity contribution in [2.45, 2.75) is 161 Å². The first kappa shape index (κ1) is 38.8. The summed E-state index contributed by atoms with van der Waals surface area (Å²) in [6.45, 7) is 38.6. The molecule has 48 heavy (non-hydrogen) atoms. The summed E-state index contributed by atoms with van der Waals surface area (Å²) in [7, 11) is -6.73. The minimum absolute atomic E-state index is 0.0177. The second-order valence-electron chi connectivity index (χ2n) is 18.4. The van der Waals surface area contributed by atoms with Gasteiger partial charge in [0.15, 0.2) is 48.5 Å². The highest BCUT2D eigenvalue weighted by atomic mass is 28.4. The van der Waals surface area contributed by atoms with E-state index < -0.39 is 37.3 Å². The quantitative estimate of drug-likeness (QED) is 0.205. The zero-order chi connectivity index (χ0) is 36.4. The molecule has 14 heteroatoms. The van der Waals surface area contributed by atoms with Gasteiger partial charge in [0, 0.05) is 12.2 Å². The van der Waals surface area contributed by atoms with Crippen molar-refractivity contribution in [3.63, 3.8) is 0 Å². The molecule has 3 aromatic heterocycles. The van der Waals surface area contributed by atoms with E-state index in [0.29, 0.717) is 29.4 Å². The average molecular weight is 718 g/mol. The van der Waals surface area contributed by atoms with E-state index in [2.05, 4.69) is 126 Å². The van der Waals surface area contributed by atoms with Gasteiger partial charge in [0.05, 0.1) is 24.7 Å². The predicted octanol–water partition coefficient (Wildman–Crippen LogP) is 8.55. The number of anilines is 1. The molecule has 4 heterocycles. The molecule has 1 aliphatic rings. The summed E-state index contributed by atoms with van der Waals surface area (Å²) < 4.78 is 32.5. The Morgan fingerprint density at radius 3 is 1.88 bits per heavy atom. The molecule has 0 aliphatic carbocycles. The maximum atomic E-state index is 7.35. The SMILES string of the molecule is CC(C)n1cc(-c2nc(N)c3ncn([C@@H]4O[C@H](CO[Si](C)(C)C(C)(C)C)[C@@H](O[Si](C)(C)C(C)(C)C)[C@@H]4O[Si](C)(C)C(C)(C)C)c3n2)cn1. The first-order valence-corrected chi connectivity index (χ1v) is 26.1. The van der Waals surface area contributed by atoms with Gasteiger partial charge in [0.25, 0.3) is 0 Å². The van der Waals surface area contributed by atoms with Gasteiger partial charge in [0.2, 0.25) is 0 Å². The van der Waals surface area contributed by atoms with E-state index in [1.807, 2.05) is 15.4 Å². The lowest BCUT2D eigenvalue weighted by molar-refractivity contribution is -0.0470. The maximum absolute atomic E-state index is 7.35. The summed E-state index contributed by atoms with van der Waals surface area (Å²) >= 11 is 0. The second kappa shape index (κ2) is 13.0. The Labute approximate surface area is 292 Å². The van der Waals surface area contributed by atoms with Crippen LogP contribution >= 0.6 is 0 Å². The van der Waals surface area contributed by atoms with Crippen molar-refractivity contribution < 1.29 is 18.0 Å². The van der Waals surface area contributed by atoms with E-state index in [1.165, 1.54) is 0 Å². The van der Waals surface area contributed by atoms with Crippen molar-refractivity contribution in [1.82, 2.24) is 29.3 Å². The topological polar surface area (TPSA) is 124 Å². The summed E-state index contributed by atoms with van der Waals surface area (Å²) in [6.07, 6.45) is 3.72. The van der Waals surface area contributed by atoms with Crippen LogP contribution < -0.4 is 5.73 Å². The van der Waals surface area contributed by atoms with E-state index in [0.717, 1.165) is 5.56 Å². The highest BCUT2D eigenvalue weighted by Crippen LogP contribution is 2.47. The highest BCUT2D eigenvalue weighted by molar-refractivity contribution is 6.75. The van der Waals surface area contributed by atoms with Gasteiger partial charge in [-0.15, -0.1) is 0 Å². The molecule has 0 amide bonds. The second-order valence-corrected chi connectivity index (χ2v) is 32.7. The van der Waals surface area contributed by atoms with Crippen LogP contribution in [0.15, 0.2) is 18.7 Å². The fourth-order valence-corrected chi connectivity index (χ4v) is 8.48. The summed E-state index contributed by atoms with van der Waals surface area (Å²) in [6, 6.07) is 0.203. The molecule has 1 aliphatic heterocycles. The number of fused-ring (bicyclic) bond motifs is 1. The van der Waals surface area contributed by atoms with E-state index >= 15 is 0 Å². The number of hydrogen-bond donors (Lipinski definition) is 1. The zero-order valence-electron chi connectivity index (χ0n) is 32.7. The minimum Gasteiger partial charge on any atom is -0.414 e. The van der Waals surface area contributed by atoms with Crippen LogP contribution in [0.3, 0.4) is 0 Å². The van der Waals surface area contributed by atoms with Gasteiger partial charge in [-0.25, -0.2) is 15.0 Å². The van der Waals surface area contributed by atoms with Gasteiger partial charge in [0.1, 0.15) is 23.8 Å². The van der Waals surface area contributed by atoms with Crippen molar-refractivity contribution in [3.05, 3.63) is 18.7 Å².